The quantitative estimate of drug-likeness (QED) is 0.840. The Bertz CT molecular complexity index is 420. The van der Waals surface area contributed by atoms with E-state index in [2.05, 4.69) is 10.2 Å². The second-order valence-electron chi connectivity index (χ2n) is 5.13. The molecule has 0 spiro atoms. The predicted molar refractivity (Wildman–Crippen MR) is 74.1 cm³/mol. The number of rotatable bonds is 4. The summed E-state index contributed by atoms with van der Waals surface area (Å²) in [5, 5.41) is 16.9. The molecule has 1 aliphatic rings. The third-order valence-electron chi connectivity index (χ3n) is 3.31. The minimum atomic E-state index is -1.05. The van der Waals surface area contributed by atoms with Crippen molar-refractivity contribution < 1.29 is 14.6 Å². The zero-order valence-corrected chi connectivity index (χ0v) is 12.1. The molecule has 2 atom stereocenters. The Morgan fingerprint density at radius 2 is 2.53 bits per heavy atom. The number of carbonyl (C=O) groups is 1. The van der Waals surface area contributed by atoms with Gasteiger partial charge in [-0.2, -0.15) is 11.3 Å². The molecule has 1 fully saturated rings. The van der Waals surface area contributed by atoms with Gasteiger partial charge in [0.15, 0.2) is 0 Å². The predicted octanol–water partition coefficient (Wildman–Crippen LogP) is 0.402. The first kappa shape index (κ1) is 14.5. The third kappa shape index (κ3) is 3.76. The van der Waals surface area contributed by atoms with Gasteiger partial charge in [0, 0.05) is 13.1 Å². The van der Waals surface area contributed by atoms with Gasteiger partial charge in [-0.1, -0.05) is 0 Å². The average molecular weight is 284 g/mol. The van der Waals surface area contributed by atoms with Crippen LogP contribution in [0.4, 0.5) is 0 Å². The van der Waals surface area contributed by atoms with Crippen LogP contribution < -0.4 is 5.32 Å². The second kappa shape index (κ2) is 6.00. The van der Waals surface area contributed by atoms with E-state index in [9.17, 15) is 9.90 Å². The van der Waals surface area contributed by atoms with Crippen LogP contribution in [0.2, 0.25) is 0 Å². The highest BCUT2D eigenvalue weighted by atomic mass is 32.1. The van der Waals surface area contributed by atoms with Gasteiger partial charge < -0.3 is 20.1 Å². The molecule has 1 aliphatic heterocycles. The molecule has 0 radical (unpaired) electrons. The highest BCUT2D eigenvalue weighted by Gasteiger charge is 2.28. The van der Waals surface area contributed by atoms with Gasteiger partial charge >= 0.3 is 0 Å². The van der Waals surface area contributed by atoms with Crippen LogP contribution in [0.15, 0.2) is 16.8 Å². The van der Waals surface area contributed by atoms with Crippen molar-refractivity contribution in [1.82, 2.24) is 10.2 Å². The normalized spacial score (nSPS) is 23.8. The maximum absolute atomic E-state index is 12.0. The van der Waals surface area contributed by atoms with Gasteiger partial charge in [-0.05, 0) is 36.4 Å². The van der Waals surface area contributed by atoms with E-state index >= 15 is 0 Å². The molecule has 106 valence electrons. The van der Waals surface area contributed by atoms with E-state index in [0.29, 0.717) is 13.2 Å². The molecule has 0 aromatic carbocycles. The number of hydrogen-bond donors (Lipinski definition) is 2. The summed E-state index contributed by atoms with van der Waals surface area (Å²) >= 11 is 1.53. The highest BCUT2D eigenvalue weighted by Crippen LogP contribution is 2.22. The standard InChI is InChI=1S/C13H20N2O3S/c1-13(17,10-3-6-19-8-10)9-14-12(16)11-7-15(2)4-5-18-11/h3,6,8,11,17H,4-5,7,9H2,1-2H3,(H,14,16). The van der Waals surface area contributed by atoms with Crippen molar-refractivity contribution in [2.45, 2.75) is 18.6 Å². The number of hydrogen-bond acceptors (Lipinski definition) is 5. The fourth-order valence-corrected chi connectivity index (χ4v) is 2.77. The van der Waals surface area contributed by atoms with Crippen LogP contribution >= 0.6 is 11.3 Å². The Balaban J connectivity index is 1.86. The molecule has 1 saturated heterocycles. The molecule has 0 saturated carbocycles. The Morgan fingerprint density at radius 3 is 3.16 bits per heavy atom. The summed E-state index contributed by atoms with van der Waals surface area (Å²) in [4.78, 5) is 14.0. The van der Waals surface area contributed by atoms with Crippen LogP contribution in [0.1, 0.15) is 12.5 Å². The molecule has 5 nitrogen and oxygen atoms in total. The van der Waals surface area contributed by atoms with E-state index < -0.39 is 11.7 Å². The van der Waals surface area contributed by atoms with Gasteiger partial charge in [-0.3, -0.25) is 4.79 Å². The number of thiophene rings is 1. The molecule has 1 aromatic heterocycles. The fourth-order valence-electron chi connectivity index (χ4n) is 1.98. The molecule has 0 aliphatic carbocycles. The zero-order chi connectivity index (χ0) is 13.9. The van der Waals surface area contributed by atoms with Gasteiger partial charge in [0.1, 0.15) is 11.7 Å². The van der Waals surface area contributed by atoms with Crippen molar-refractivity contribution in [3.8, 4) is 0 Å². The summed E-state index contributed by atoms with van der Waals surface area (Å²) in [5.74, 6) is -0.165. The molecular weight excluding hydrogens is 264 g/mol. The van der Waals surface area contributed by atoms with E-state index in [-0.39, 0.29) is 12.5 Å². The number of carbonyl (C=O) groups excluding carboxylic acids is 1. The van der Waals surface area contributed by atoms with Gasteiger partial charge in [0.05, 0.1) is 13.2 Å². The van der Waals surface area contributed by atoms with E-state index in [4.69, 9.17) is 4.74 Å². The van der Waals surface area contributed by atoms with E-state index in [0.717, 1.165) is 12.1 Å². The first-order valence-electron chi connectivity index (χ1n) is 6.32. The van der Waals surface area contributed by atoms with Crippen molar-refractivity contribution in [2.75, 3.05) is 33.3 Å². The summed E-state index contributed by atoms with van der Waals surface area (Å²) in [6.07, 6.45) is -0.447. The molecule has 1 amide bonds. The molecule has 2 heterocycles. The lowest BCUT2D eigenvalue weighted by Gasteiger charge is -2.30. The Hall–Kier alpha value is -0.950. The fraction of sp³-hybridized carbons (Fsp3) is 0.615. The topological polar surface area (TPSA) is 61.8 Å². The number of nitrogens with one attached hydrogen (secondary N) is 1. The van der Waals surface area contributed by atoms with Crippen LogP contribution in [0.25, 0.3) is 0 Å². The summed E-state index contributed by atoms with van der Waals surface area (Å²) < 4.78 is 5.43. The van der Waals surface area contributed by atoms with Crippen molar-refractivity contribution in [2.24, 2.45) is 0 Å². The summed E-state index contributed by atoms with van der Waals surface area (Å²) in [6, 6.07) is 1.86. The maximum Gasteiger partial charge on any atom is 0.250 e. The van der Waals surface area contributed by atoms with Crippen molar-refractivity contribution in [3.63, 3.8) is 0 Å². The highest BCUT2D eigenvalue weighted by molar-refractivity contribution is 7.08. The number of likely N-dealkylation sites (N-methyl/N-ethyl adjacent to an activating group) is 1. The van der Waals surface area contributed by atoms with Crippen LogP contribution in [-0.2, 0) is 15.1 Å². The summed E-state index contributed by atoms with van der Waals surface area (Å²) in [6.45, 7) is 3.88. The number of nitrogens with zero attached hydrogens (tertiary/aromatic N) is 1. The lowest BCUT2D eigenvalue weighted by atomic mass is 9.99. The smallest absolute Gasteiger partial charge is 0.250 e. The van der Waals surface area contributed by atoms with Gasteiger partial charge in [0.2, 0.25) is 0 Å². The Morgan fingerprint density at radius 1 is 1.74 bits per heavy atom. The molecule has 19 heavy (non-hydrogen) atoms. The third-order valence-corrected chi connectivity index (χ3v) is 4.00. The lowest BCUT2D eigenvalue weighted by molar-refractivity contribution is -0.139. The van der Waals surface area contributed by atoms with Crippen LogP contribution in [0.5, 0.6) is 0 Å². The maximum atomic E-state index is 12.0. The monoisotopic (exact) mass is 284 g/mol. The second-order valence-corrected chi connectivity index (χ2v) is 5.91. The zero-order valence-electron chi connectivity index (χ0n) is 11.3. The molecule has 1 aromatic rings. The molecule has 6 heteroatoms. The first-order valence-corrected chi connectivity index (χ1v) is 7.26. The van der Waals surface area contributed by atoms with E-state index in [1.807, 2.05) is 23.9 Å². The summed E-state index contributed by atoms with van der Waals surface area (Å²) in [5.41, 5.74) is -0.226. The molecule has 2 N–H and O–H groups in total. The Labute approximate surface area is 117 Å². The van der Waals surface area contributed by atoms with Gasteiger partial charge in [-0.25, -0.2) is 0 Å². The number of amides is 1. The van der Waals surface area contributed by atoms with Gasteiger partial charge in [0.25, 0.3) is 5.91 Å². The van der Waals surface area contributed by atoms with E-state index in [1.165, 1.54) is 11.3 Å². The molecule has 2 rings (SSSR count). The van der Waals surface area contributed by atoms with Crippen LogP contribution in [-0.4, -0.2) is 55.3 Å². The SMILES string of the molecule is CN1CCOC(C(=O)NCC(C)(O)c2ccsc2)C1. The first-order chi connectivity index (χ1) is 8.99. The lowest BCUT2D eigenvalue weighted by Crippen LogP contribution is -2.50. The van der Waals surface area contributed by atoms with Crippen molar-refractivity contribution in [3.05, 3.63) is 22.4 Å². The van der Waals surface area contributed by atoms with Crippen molar-refractivity contribution >= 4 is 17.2 Å². The number of morpholine rings is 1. The van der Waals surface area contributed by atoms with Crippen LogP contribution in [0.3, 0.4) is 0 Å². The number of ether oxygens (including phenoxy) is 1. The van der Waals surface area contributed by atoms with E-state index in [1.54, 1.807) is 6.92 Å². The van der Waals surface area contributed by atoms with Crippen LogP contribution in [0, 0.1) is 0 Å². The minimum absolute atomic E-state index is 0.165. The van der Waals surface area contributed by atoms with Crippen molar-refractivity contribution in [1.29, 1.82) is 0 Å². The van der Waals surface area contributed by atoms with Gasteiger partial charge in [-0.15, -0.1) is 0 Å². The average Bonchev–Trinajstić information content (AvgIpc) is 2.90. The Kier molecular flexibility index (Phi) is 4.57. The number of aliphatic hydroxyl groups is 1. The molecule has 2 unspecified atom stereocenters. The molecule has 0 bridgehead atoms. The molecular formula is C13H20N2O3S. The summed E-state index contributed by atoms with van der Waals surface area (Å²) in [7, 11) is 1.96. The largest absolute Gasteiger partial charge is 0.384 e. The minimum Gasteiger partial charge on any atom is -0.384 e.